The largest absolute Gasteiger partial charge is 0.399 e. The summed E-state index contributed by atoms with van der Waals surface area (Å²) in [6.07, 6.45) is 0. The SMILES string of the molecule is CC.Cc1cc(C#CCN2CCOCC2)ccc1N. The van der Waals surface area contributed by atoms with Crippen molar-refractivity contribution in [1.82, 2.24) is 4.90 Å². The van der Waals surface area contributed by atoms with Crippen molar-refractivity contribution >= 4 is 5.69 Å². The van der Waals surface area contributed by atoms with Gasteiger partial charge in [-0.3, -0.25) is 4.90 Å². The molecule has 2 rings (SSSR count). The van der Waals surface area contributed by atoms with Gasteiger partial charge in [0, 0.05) is 24.3 Å². The molecule has 3 nitrogen and oxygen atoms in total. The first-order valence-corrected chi connectivity index (χ1v) is 6.91. The monoisotopic (exact) mass is 260 g/mol. The van der Waals surface area contributed by atoms with Crippen LogP contribution in [0.15, 0.2) is 18.2 Å². The maximum absolute atomic E-state index is 5.76. The van der Waals surface area contributed by atoms with E-state index in [9.17, 15) is 0 Å². The first-order chi connectivity index (χ1) is 9.25. The lowest BCUT2D eigenvalue weighted by molar-refractivity contribution is 0.0443. The third kappa shape index (κ3) is 5.34. The molecule has 0 atom stereocenters. The molecule has 0 bridgehead atoms. The molecule has 104 valence electrons. The summed E-state index contributed by atoms with van der Waals surface area (Å²) in [6.45, 7) is 10.4. The van der Waals surface area contributed by atoms with E-state index in [-0.39, 0.29) is 0 Å². The number of morpholine rings is 1. The van der Waals surface area contributed by atoms with Crippen molar-refractivity contribution in [2.45, 2.75) is 20.8 Å². The maximum Gasteiger partial charge on any atom is 0.0606 e. The van der Waals surface area contributed by atoms with E-state index in [1.165, 1.54) is 0 Å². The van der Waals surface area contributed by atoms with Gasteiger partial charge in [0.15, 0.2) is 0 Å². The van der Waals surface area contributed by atoms with E-state index in [2.05, 4.69) is 16.7 Å². The fourth-order valence-corrected chi connectivity index (χ4v) is 1.77. The molecular weight excluding hydrogens is 236 g/mol. The van der Waals surface area contributed by atoms with E-state index in [4.69, 9.17) is 10.5 Å². The topological polar surface area (TPSA) is 38.5 Å². The van der Waals surface area contributed by atoms with Crippen LogP contribution in [-0.2, 0) is 4.74 Å². The fourth-order valence-electron chi connectivity index (χ4n) is 1.77. The average Bonchev–Trinajstić information content (AvgIpc) is 2.46. The van der Waals surface area contributed by atoms with Crippen molar-refractivity contribution in [3.05, 3.63) is 29.3 Å². The molecule has 3 heteroatoms. The van der Waals surface area contributed by atoms with Crippen LogP contribution >= 0.6 is 0 Å². The van der Waals surface area contributed by atoms with Crippen molar-refractivity contribution in [2.75, 3.05) is 38.6 Å². The average molecular weight is 260 g/mol. The van der Waals surface area contributed by atoms with Crippen LogP contribution in [-0.4, -0.2) is 37.7 Å². The molecule has 0 saturated carbocycles. The van der Waals surface area contributed by atoms with Gasteiger partial charge in [-0.2, -0.15) is 0 Å². The van der Waals surface area contributed by atoms with Crippen molar-refractivity contribution in [1.29, 1.82) is 0 Å². The second kappa shape index (κ2) is 8.58. The fraction of sp³-hybridized carbons (Fsp3) is 0.500. The number of nitrogens with two attached hydrogens (primary N) is 1. The molecule has 1 heterocycles. The Hall–Kier alpha value is -1.50. The van der Waals surface area contributed by atoms with Gasteiger partial charge in [0.2, 0.25) is 0 Å². The second-order valence-electron chi connectivity index (χ2n) is 4.26. The van der Waals surface area contributed by atoms with E-state index in [1.807, 2.05) is 39.0 Å². The van der Waals surface area contributed by atoms with Crippen LogP contribution in [0, 0.1) is 18.8 Å². The summed E-state index contributed by atoms with van der Waals surface area (Å²) in [5.41, 5.74) is 8.71. The lowest BCUT2D eigenvalue weighted by Crippen LogP contribution is -2.36. The Bertz CT molecular complexity index is 440. The number of anilines is 1. The van der Waals surface area contributed by atoms with Gasteiger partial charge in [-0.15, -0.1) is 0 Å². The molecule has 0 aromatic heterocycles. The van der Waals surface area contributed by atoms with Crippen molar-refractivity contribution in [3.63, 3.8) is 0 Å². The maximum atomic E-state index is 5.76. The van der Waals surface area contributed by atoms with Crippen molar-refractivity contribution < 1.29 is 4.74 Å². The number of nitrogens with zero attached hydrogens (tertiary/aromatic N) is 1. The molecule has 1 fully saturated rings. The van der Waals surface area contributed by atoms with Crippen molar-refractivity contribution in [2.24, 2.45) is 0 Å². The molecule has 1 aromatic carbocycles. The minimum Gasteiger partial charge on any atom is -0.399 e. The number of rotatable bonds is 1. The van der Waals surface area contributed by atoms with Gasteiger partial charge in [-0.1, -0.05) is 25.7 Å². The van der Waals surface area contributed by atoms with Crippen LogP contribution in [0.2, 0.25) is 0 Å². The standard InChI is InChI=1S/C14H18N2O.C2H6/c1-12-11-13(4-5-14(12)15)3-2-6-16-7-9-17-10-8-16;1-2/h4-5,11H,6-10,15H2,1H3;1-2H3. The van der Waals surface area contributed by atoms with E-state index < -0.39 is 0 Å². The van der Waals surface area contributed by atoms with Gasteiger partial charge < -0.3 is 10.5 Å². The normalized spacial score (nSPS) is 14.9. The highest BCUT2D eigenvalue weighted by Crippen LogP contribution is 2.11. The van der Waals surface area contributed by atoms with Gasteiger partial charge in [-0.25, -0.2) is 0 Å². The summed E-state index contributed by atoms with van der Waals surface area (Å²) in [4.78, 5) is 2.31. The van der Waals surface area contributed by atoms with Gasteiger partial charge in [0.1, 0.15) is 0 Å². The molecule has 0 spiro atoms. The summed E-state index contributed by atoms with van der Waals surface area (Å²) in [7, 11) is 0. The molecule has 2 N–H and O–H groups in total. The molecule has 1 aliphatic heterocycles. The predicted molar refractivity (Wildman–Crippen MR) is 81.1 cm³/mol. The molecule has 0 aliphatic carbocycles. The molecule has 1 aliphatic rings. The highest BCUT2D eigenvalue weighted by Gasteiger charge is 2.07. The zero-order chi connectivity index (χ0) is 14.1. The molecule has 0 amide bonds. The van der Waals surface area contributed by atoms with Crippen LogP contribution < -0.4 is 5.73 Å². The smallest absolute Gasteiger partial charge is 0.0606 e. The zero-order valence-electron chi connectivity index (χ0n) is 12.2. The highest BCUT2D eigenvalue weighted by atomic mass is 16.5. The van der Waals surface area contributed by atoms with Crippen LogP contribution in [0.1, 0.15) is 25.0 Å². The Balaban J connectivity index is 0.000000861. The molecule has 0 radical (unpaired) electrons. The summed E-state index contributed by atoms with van der Waals surface area (Å²) in [5, 5.41) is 0. The number of nitrogen functional groups attached to an aromatic ring is 1. The Morgan fingerprint density at radius 2 is 1.95 bits per heavy atom. The van der Waals surface area contributed by atoms with Crippen LogP contribution in [0.4, 0.5) is 5.69 Å². The number of ether oxygens (including phenoxy) is 1. The van der Waals surface area contributed by atoms with Gasteiger partial charge in [-0.05, 0) is 30.7 Å². The van der Waals surface area contributed by atoms with E-state index in [1.54, 1.807) is 0 Å². The van der Waals surface area contributed by atoms with Gasteiger partial charge >= 0.3 is 0 Å². The minimum absolute atomic E-state index is 0.812. The van der Waals surface area contributed by atoms with E-state index in [0.29, 0.717) is 0 Å². The molecule has 1 aromatic rings. The molecule has 1 saturated heterocycles. The van der Waals surface area contributed by atoms with Crippen molar-refractivity contribution in [3.8, 4) is 11.8 Å². The highest BCUT2D eigenvalue weighted by molar-refractivity contribution is 5.51. The molecular formula is C16H24N2O. The summed E-state index contributed by atoms with van der Waals surface area (Å²) in [5.74, 6) is 6.37. The summed E-state index contributed by atoms with van der Waals surface area (Å²) < 4.78 is 5.29. The van der Waals surface area contributed by atoms with Crippen LogP contribution in [0.25, 0.3) is 0 Å². The van der Waals surface area contributed by atoms with E-state index >= 15 is 0 Å². The summed E-state index contributed by atoms with van der Waals surface area (Å²) in [6, 6.07) is 5.91. The minimum atomic E-state index is 0.812. The molecule has 19 heavy (non-hydrogen) atoms. The van der Waals surface area contributed by atoms with Crippen LogP contribution in [0.5, 0.6) is 0 Å². The number of aryl methyl sites for hydroxylation is 1. The van der Waals surface area contributed by atoms with Gasteiger partial charge in [0.05, 0.1) is 19.8 Å². The quantitative estimate of drug-likeness (QED) is 0.622. The lowest BCUT2D eigenvalue weighted by atomic mass is 10.1. The number of hydrogen-bond acceptors (Lipinski definition) is 3. The van der Waals surface area contributed by atoms with Gasteiger partial charge in [0.25, 0.3) is 0 Å². The summed E-state index contributed by atoms with van der Waals surface area (Å²) >= 11 is 0. The third-order valence-electron chi connectivity index (χ3n) is 2.91. The molecule has 0 unspecified atom stereocenters. The Labute approximate surface area is 116 Å². The van der Waals surface area contributed by atoms with Crippen LogP contribution in [0.3, 0.4) is 0 Å². The first-order valence-electron chi connectivity index (χ1n) is 6.91. The third-order valence-corrected chi connectivity index (χ3v) is 2.91. The Morgan fingerprint density at radius 1 is 1.26 bits per heavy atom. The lowest BCUT2D eigenvalue weighted by Gasteiger charge is -2.24. The Kier molecular flexibility index (Phi) is 7.02. The zero-order valence-corrected chi connectivity index (χ0v) is 12.2. The first kappa shape index (κ1) is 15.6. The predicted octanol–water partition coefficient (Wildman–Crippen LogP) is 2.29. The second-order valence-corrected chi connectivity index (χ2v) is 4.26. The number of hydrogen-bond donors (Lipinski definition) is 1. The number of benzene rings is 1. The van der Waals surface area contributed by atoms with E-state index in [0.717, 1.165) is 49.7 Å². The Morgan fingerprint density at radius 3 is 2.58 bits per heavy atom.